The SMILES string of the molecule is CCc1cc(=O)[nH]c(-c2ccc(NCc3cnn(C)c3C)nc2)n1. The summed E-state index contributed by atoms with van der Waals surface area (Å²) in [5.41, 5.74) is 3.65. The summed E-state index contributed by atoms with van der Waals surface area (Å²) in [6.07, 6.45) is 4.27. The van der Waals surface area contributed by atoms with Crippen molar-refractivity contribution in [2.75, 3.05) is 5.32 Å². The molecule has 0 amide bonds. The van der Waals surface area contributed by atoms with Crippen molar-refractivity contribution in [3.63, 3.8) is 0 Å². The summed E-state index contributed by atoms with van der Waals surface area (Å²) in [6, 6.07) is 5.28. The molecule has 0 spiro atoms. The van der Waals surface area contributed by atoms with E-state index in [2.05, 4.69) is 25.4 Å². The highest BCUT2D eigenvalue weighted by molar-refractivity contribution is 5.55. The molecule has 3 heterocycles. The van der Waals surface area contributed by atoms with E-state index in [4.69, 9.17) is 0 Å². The van der Waals surface area contributed by atoms with Crippen LogP contribution in [0.15, 0.2) is 35.4 Å². The van der Waals surface area contributed by atoms with Crippen LogP contribution in [-0.4, -0.2) is 24.7 Å². The third kappa shape index (κ3) is 3.34. The first-order valence-electron chi connectivity index (χ1n) is 7.85. The molecular weight excluding hydrogens is 304 g/mol. The number of aryl methyl sites for hydroxylation is 2. The van der Waals surface area contributed by atoms with Crippen LogP contribution in [0.3, 0.4) is 0 Å². The normalized spacial score (nSPS) is 10.8. The van der Waals surface area contributed by atoms with Crippen molar-refractivity contribution >= 4 is 5.82 Å². The third-order valence-corrected chi connectivity index (χ3v) is 3.99. The molecule has 0 aliphatic heterocycles. The number of nitrogens with zero attached hydrogens (tertiary/aromatic N) is 4. The van der Waals surface area contributed by atoms with E-state index in [0.29, 0.717) is 18.8 Å². The lowest BCUT2D eigenvalue weighted by Gasteiger charge is -2.07. The Morgan fingerprint density at radius 3 is 2.75 bits per heavy atom. The number of hydrogen-bond acceptors (Lipinski definition) is 5. The molecule has 124 valence electrons. The summed E-state index contributed by atoms with van der Waals surface area (Å²) in [5.74, 6) is 1.30. The Bertz CT molecular complexity index is 894. The predicted octanol–water partition coefficient (Wildman–Crippen LogP) is 2.05. The van der Waals surface area contributed by atoms with E-state index in [9.17, 15) is 4.79 Å². The molecule has 7 nitrogen and oxygen atoms in total. The van der Waals surface area contributed by atoms with Crippen molar-refractivity contribution in [2.45, 2.75) is 26.8 Å². The number of aromatic amines is 1. The fourth-order valence-electron chi connectivity index (χ4n) is 2.37. The van der Waals surface area contributed by atoms with Crippen molar-refractivity contribution in [1.29, 1.82) is 0 Å². The van der Waals surface area contributed by atoms with E-state index < -0.39 is 0 Å². The topological polar surface area (TPSA) is 88.5 Å². The molecule has 0 aromatic carbocycles. The largest absolute Gasteiger partial charge is 0.366 e. The Morgan fingerprint density at radius 1 is 1.29 bits per heavy atom. The highest BCUT2D eigenvalue weighted by Crippen LogP contribution is 2.16. The molecule has 2 N–H and O–H groups in total. The Morgan fingerprint density at radius 2 is 2.12 bits per heavy atom. The summed E-state index contributed by atoms with van der Waals surface area (Å²) in [6.45, 7) is 4.66. The average Bonchev–Trinajstić information content (AvgIpc) is 2.91. The van der Waals surface area contributed by atoms with Gasteiger partial charge in [0.1, 0.15) is 11.6 Å². The second-order valence-electron chi connectivity index (χ2n) is 5.60. The Hall–Kier alpha value is -2.96. The molecule has 0 fully saturated rings. The second kappa shape index (κ2) is 6.66. The molecule has 0 bridgehead atoms. The van der Waals surface area contributed by atoms with Gasteiger partial charge in [0.05, 0.1) is 6.20 Å². The summed E-state index contributed by atoms with van der Waals surface area (Å²) >= 11 is 0. The number of nitrogens with one attached hydrogen (secondary N) is 2. The minimum atomic E-state index is -0.147. The van der Waals surface area contributed by atoms with E-state index in [1.807, 2.05) is 43.9 Å². The minimum Gasteiger partial charge on any atom is -0.366 e. The average molecular weight is 324 g/mol. The summed E-state index contributed by atoms with van der Waals surface area (Å²) in [4.78, 5) is 23.2. The number of rotatable bonds is 5. The van der Waals surface area contributed by atoms with Crippen LogP contribution in [0.25, 0.3) is 11.4 Å². The van der Waals surface area contributed by atoms with Crippen molar-refractivity contribution in [2.24, 2.45) is 7.05 Å². The zero-order valence-electron chi connectivity index (χ0n) is 14.0. The van der Waals surface area contributed by atoms with E-state index in [1.54, 1.807) is 6.20 Å². The zero-order valence-corrected chi connectivity index (χ0v) is 14.0. The zero-order chi connectivity index (χ0) is 17.1. The predicted molar refractivity (Wildman–Crippen MR) is 92.7 cm³/mol. The molecule has 0 aliphatic rings. The Kier molecular flexibility index (Phi) is 4.41. The van der Waals surface area contributed by atoms with Gasteiger partial charge in [-0.1, -0.05) is 6.92 Å². The molecule has 3 aromatic rings. The summed E-state index contributed by atoms with van der Waals surface area (Å²) in [5, 5.41) is 7.49. The van der Waals surface area contributed by atoms with Gasteiger partial charge in [0.25, 0.3) is 5.56 Å². The minimum absolute atomic E-state index is 0.147. The standard InChI is InChI=1S/C17H20N6O/c1-4-14-7-16(24)22-17(21-14)12-5-6-15(18-8-12)19-9-13-10-20-23(3)11(13)2/h5-8,10H,4,9H2,1-3H3,(H,18,19)(H,21,22,24). The molecule has 0 atom stereocenters. The first kappa shape index (κ1) is 15.9. The number of H-pyrrole nitrogens is 1. The van der Waals surface area contributed by atoms with Gasteiger partial charge in [0.15, 0.2) is 0 Å². The van der Waals surface area contributed by atoms with Crippen LogP contribution < -0.4 is 10.9 Å². The van der Waals surface area contributed by atoms with E-state index in [1.165, 1.54) is 6.07 Å². The lowest BCUT2D eigenvalue weighted by Crippen LogP contribution is -2.10. The second-order valence-corrected chi connectivity index (χ2v) is 5.60. The van der Waals surface area contributed by atoms with Crippen LogP contribution in [0, 0.1) is 6.92 Å². The van der Waals surface area contributed by atoms with Crippen LogP contribution in [0.4, 0.5) is 5.82 Å². The van der Waals surface area contributed by atoms with Gasteiger partial charge < -0.3 is 10.3 Å². The molecule has 7 heteroatoms. The van der Waals surface area contributed by atoms with Gasteiger partial charge in [-0.2, -0.15) is 5.10 Å². The molecular formula is C17H20N6O. The van der Waals surface area contributed by atoms with Crippen LogP contribution in [0.5, 0.6) is 0 Å². The van der Waals surface area contributed by atoms with E-state index in [-0.39, 0.29) is 5.56 Å². The lowest BCUT2D eigenvalue weighted by molar-refractivity contribution is 0.738. The fraction of sp³-hybridized carbons (Fsp3) is 0.294. The first-order chi connectivity index (χ1) is 11.6. The highest BCUT2D eigenvalue weighted by Gasteiger charge is 2.06. The summed E-state index contributed by atoms with van der Waals surface area (Å²) in [7, 11) is 1.92. The molecule has 0 saturated carbocycles. The van der Waals surface area contributed by atoms with Gasteiger partial charge in [-0.3, -0.25) is 9.48 Å². The maximum absolute atomic E-state index is 11.7. The van der Waals surface area contributed by atoms with Crippen LogP contribution in [0.1, 0.15) is 23.9 Å². The molecule has 3 aromatic heterocycles. The highest BCUT2D eigenvalue weighted by atomic mass is 16.1. The molecule has 24 heavy (non-hydrogen) atoms. The van der Waals surface area contributed by atoms with Crippen LogP contribution in [0.2, 0.25) is 0 Å². The maximum Gasteiger partial charge on any atom is 0.251 e. The monoisotopic (exact) mass is 324 g/mol. The lowest BCUT2D eigenvalue weighted by atomic mass is 10.2. The van der Waals surface area contributed by atoms with Crippen molar-refractivity contribution in [3.8, 4) is 11.4 Å². The summed E-state index contributed by atoms with van der Waals surface area (Å²) < 4.78 is 1.84. The van der Waals surface area contributed by atoms with Gasteiger partial charge in [-0.15, -0.1) is 0 Å². The molecule has 0 radical (unpaired) electrons. The van der Waals surface area contributed by atoms with Gasteiger partial charge in [-0.05, 0) is 25.5 Å². The van der Waals surface area contributed by atoms with E-state index >= 15 is 0 Å². The molecule has 0 saturated heterocycles. The number of aromatic nitrogens is 5. The molecule has 0 aliphatic carbocycles. The first-order valence-corrected chi connectivity index (χ1v) is 7.85. The number of hydrogen-bond donors (Lipinski definition) is 2. The van der Waals surface area contributed by atoms with Gasteiger partial charge >= 0.3 is 0 Å². The van der Waals surface area contributed by atoms with E-state index in [0.717, 1.165) is 28.3 Å². The van der Waals surface area contributed by atoms with Crippen LogP contribution >= 0.6 is 0 Å². The quantitative estimate of drug-likeness (QED) is 0.750. The molecule has 0 unspecified atom stereocenters. The van der Waals surface area contributed by atoms with Gasteiger partial charge in [-0.25, -0.2) is 9.97 Å². The Labute approximate surface area is 139 Å². The van der Waals surface area contributed by atoms with Crippen LogP contribution in [-0.2, 0) is 20.0 Å². The van der Waals surface area contributed by atoms with Crippen molar-refractivity contribution in [1.82, 2.24) is 24.7 Å². The third-order valence-electron chi connectivity index (χ3n) is 3.99. The van der Waals surface area contributed by atoms with Gasteiger partial charge in [0, 0.05) is 48.4 Å². The van der Waals surface area contributed by atoms with Crippen molar-refractivity contribution < 1.29 is 0 Å². The molecule has 3 rings (SSSR count). The number of anilines is 1. The maximum atomic E-state index is 11.7. The van der Waals surface area contributed by atoms with Gasteiger partial charge in [0.2, 0.25) is 0 Å². The van der Waals surface area contributed by atoms with Crippen molar-refractivity contribution in [3.05, 3.63) is 57.9 Å². The smallest absolute Gasteiger partial charge is 0.251 e. The number of pyridine rings is 1. The Balaban J connectivity index is 1.75. The fourth-order valence-corrected chi connectivity index (χ4v) is 2.37.